The fourth-order valence-electron chi connectivity index (χ4n) is 1.87. The lowest BCUT2D eigenvalue weighted by Crippen LogP contribution is -2.09. The number of nitro groups is 1. The Morgan fingerprint density at radius 1 is 1.25 bits per heavy atom. The van der Waals surface area contributed by atoms with E-state index in [9.17, 15) is 14.5 Å². The van der Waals surface area contributed by atoms with Crippen LogP contribution in [0.15, 0.2) is 24.3 Å². The molecule has 0 spiro atoms. The van der Waals surface area contributed by atoms with Gasteiger partial charge in [-0.3, -0.25) is 10.1 Å². The first-order chi connectivity index (χ1) is 9.47. The maximum Gasteiger partial charge on any atom is 0.332 e. The number of benzene rings is 1. The van der Waals surface area contributed by atoms with Crippen molar-refractivity contribution in [1.29, 1.82) is 0 Å². The molecule has 0 aliphatic carbocycles. The molecule has 4 N–H and O–H groups in total. The van der Waals surface area contributed by atoms with Crippen molar-refractivity contribution < 1.29 is 9.31 Å². The Labute approximate surface area is 113 Å². The van der Waals surface area contributed by atoms with Crippen LogP contribution in [0, 0.1) is 15.9 Å². The van der Waals surface area contributed by atoms with Crippen molar-refractivity contribution in [2.75, 3.05) is 11.5 Å². The van der Waals surface area contributed by atoms with Gasteiger partial charge in [-0.05, 0) is 24.1 Å². The molecule has 20 heavy (non-hydrogen) atoms. The normalized spacial score (nSPS) is 10.4. The number of aryl methyl sites for hydroxylation is 2. The first kappa shape index (κ1) is 13.7. The smallest absolute Gasteiger partial charge is 0.332 e. The molecule has 0 radical (unpaired) electrons. The predicted molar refractivity (Wildman–Crippen MR) is 71.3 cm³/mol. The van der Waals surface area contributed by atoms with E-state index in [1.807, 2.05) is 0 Å². The molecule has 1 aromatic carbocycles. The van der Waals surface area contributed by atoms with E-state index in [2.05, 4.69) is 9.97 Å². The number of nitrogen functional groups attached to an aromatic ring is 2. The lowest BCUT2D eigenvalue weighted by atomic mass is 10.1. The van der Waals surface area contributed by atoms with Crippen LogP contribution >= 0.6 is 0 Å². The van der Waals surface area contributed by atoms with Crippen molar-refractivity contribution in [2.24, 2.45) is 0 Å². The summed E-state index contributed by atoms with van der Waals surface area (Å²) in [7, 11) is 0. The molecule has 1 aromatic heterocycles. The quantitative estimate of drug-likeness (QED) is 0.644. The van der Waals surface area contributed by atoms with Gasteiger partial charge in [-0.25, -0.2) is 9.37 Å². The molecule has 8 heteroatoms. The molecule has 0 aliphatic heterocycles. The van der Waals surface area contributed by atoms with Gasteiger partial charge >= 0.3 is 5.69 Å². The van der Waals surface area contributed by atoms with Gasteiger partial charge in [0.25, 0.3) is 0 Å². The Bertz CT molecular complexity index is 662. The Balaban J connectivity index is 2.27. The number of hydrogen-bond acceptors (Lipinski definition) is 6. The number of hydrogen-bond donors (Lipinski definition) is 2. The van der Waals surface area contributed by atoms with E-state index >= 15 is 0 Å². The number of aromatic nitrogens is 2. The second kappa shape index (κ2) is 5.47. The third-order valence-electron chi connectivity index (χ3n) is 2.72. The number of halogens is 1. The summed E-state index contributed by atoms with van der Waals surface area (Å²) >= 11 is 0. The first-order valence-electron chi connectivity index (χ1n) is 5.78. The van der Waals surface area contributed by atoms with Crippen LogP contribution in [0.4, 0.5) is 21.8 Å². The summed E-state index contributed by atoms with van der Waals surface area (Å²) in [4.78, 5) is 17.7. The lowest BCUT2D eigenvalue weighted by molar-refractivity contribution is -0.385. The van der Waals surface area contributed by atoms with E-state index in [0.29, 0.717) is 12.0 Å². The first-order valence-corrected chi connectivity index (χ1v) is 5.78. The van der Waals surface area contributed by atoms with Gasteiger partial charge in [0.15, 0.2) is 0 Å². The van der Waals surface area contributed by atoms with Gasteiger partial charge in [0, 0.05) is 6.42 Å². The Morgan fingerprint density at radius 2 is 2.00 bits per heavy atom. The summed E-state index contributed by atoms with van der Waals surface area (Å²) < 4.78 is 13.1. The Morgan fingerprint density at radius 3 is 2.65 bits per heavy atom. The number of anilines is 2. The largest absolute Gasteiger partial charge is 0.378 e. The molecule has 2 rings (SSSR count). The highest BCUT2D eigenvalue weighted by Crippen LogP contribution is 2.25. The highest BCUT2D eigenvalue weighted by atomic mass is 19.1. The van der Waals surface area contributed by atoms with Crippen molar-refractivity contribution in [3.8, 4) is 0 Å². The predicted octanol–water partition coefficient (Wildman–Crippen LogP) is 1.47. The molecule has 0 saturated carbocycles. The number of nitrogens with zero attached hydrogens (tertiary/aromatic N) is 3. The number of nitrogens with two attached hydrogens (primary N) is 2. The van der Waals surface area contributed by atoms with Gasteiger partial charge in [-0.15, -0.1) is 0 Å². The standard InChI is InChI=1S/C12H12FN5O2/c13-8-3-1-2-7(6-8)4-5-9-10(18(19)20)11(14)17-12(15)16-9/h1-3,6H,4-5H2,(H4,14,15,16,17). The molecule has 0 unspecified atom stereocenters. The summed E-state index contributed by atoms with van der Waals surface area (Å²) in [6.45, 7) is 0. The second-order valence-electron chi connectivity index (χ2n) is 4.15. The summed E-state index contributed by atoms with van der Waals surface area (Å²) in [5.74, 6) is -0.752. The minimum atomic E-state index is -0.643. The Kier molecular flexibility index (Phi) is 3.74. The van der Waals surface area contributed by atoms with Gasteiger partial charge in [-0.2, -0.15) is 4.98 Å². The molecular weight excluding hydrogens is 265 g/mol. The van der Waals surface area contributed by atoms with E-state index in [0.717, 1.165) is 0 Å². The molecule has 104 valence electrons. The topological polar surface area (TPSA) is 121 Å². The van der Waals surface area contributed by atoms with Crippen LogP contribution in [0.3, 0.4) is 0 Å². The van der Waals surface area contributed by atoms with Crippen molar-refractivity contribution in [3.63, 3.8) is 0 Å². The van der Waals surface area contributed by atoms with E-state index in [4.69, 9.17) is 11.5 Å². The summed E-state index contributed by atoms with van der Waals surface area (Å²) in [6, 6.07) is 5.98. The van der Waals surface area contributed by atoms with Crippen molar-refractivity contribution in [1.82, 2.24) is 9.97 Å². The molecule has 2 aromatic rings. The van der Waals surface area contributed by atoms with Crippen LogP contribution in [0.5, 0.6) is 0 Å². The van der Waals surface area contributed by atoms with E-state index < -0.39 is 4.92 Å². The van der Waals surface area contributed by atoms with Crippen LogP contribution in [0.25, 0.3) is 0 Å². The zero-order chi connectivity index (χ0) is 14.7. The molecule has 0 aliphatic rings. The molecule has 0 fully saturated rings. The van der Waals surface area contributed by atoms with Gasteiger partial charge in [0.1, 0.15) is 11.5 Å². The van der Waals surface area contributed by atoms with Crippen LogP contribution in [-0.4, -0.2) is 14.9 Å². The molecule has 7 nitrogen and oxygen atoms in total. The average Bonchev–Trinajstić information content (AvgIpc) is 2.35. The van der Waals surface area contributed by atoms with Crippen LogP contribution in [0.1, 0.15) is 11.3 Å². The van der Waals surface area contributed by atoms with Gasteiger partial charge < -0.3 is 11.5 Å². The molecule has 0 atom stereocenters. The van der Waals surface area contributed by atoms with Crippen LogP contribution in [0.2, 0.25) is 0 Å². The molecule has 1 heterocycles. The minimum Gasteiger partial charge on any atom is -0.378 e. The van der Waals surface area contributed by atoms with Gasteiger partial charge in [0.05, 0.1) is 4.92 Å². The van der Waals surface area contributed by atoms with E-state index in [1.165, 1.54) is 12.1 Å². The fourth-order valence-corrected chi connectivity index (χ4v) is 1.87. The SMILES string of the molecule is Nc1nc(N)c([N+](=O)[O-])c(CCc2cccc(F)c2)n1. The lowest BCUT2D eigenvalue weighted by Gasteiger charge is -2.05. The van der Waals surface area contributed by atoms with Crippen LogP contribution in [-0.2, 0) is 12.8 Å². The zero-order valence-electron chi connectivity index (χ0n) is 10.4. The van der Waals surface area contributed by atoms with Crippen molar-refractivity contribution in [3.05, 3.63) is 51.5 Å². The highest BCUT2D eigenvalue weighted by molar-refractivity contribution is 5.57. The van der Waals surface area contributed by atoms with Crippen molar-refractivity contribution in [2.45, 2.75) is 12.8 Å². The summed E-state index contributed by atoms with van der Waals surface area (Å²) in [5.41, 5.74) is 11.4. The van der Waals surface area contributed by atoms with Crippen molar-refractivity contribution >= 4 is 17.5 Å². The zero-order valence-corrected chi connectivity index (χ0v) is 10.4. The molecule has 0 bridgehead atoms. The summed E-state index contributed by atoms with van der Waals surface area (Å²) in [5, 5.41) is 11.0. The fraction of sp³-hybridized carbons (Fsp3) is 0.167. The molecular formula is C12H12FN5O2. The Hall–Kier alpha value is -2.77. The monoisotopic (exact) mass is 277 g/mol. The molecule has 0 saturated heterocycles. The second-order valence-corrected chi connectivity index (χ2v) is 4.15. The summed E-state index contributed by atoms with van der Waals surface area (Å²) in [6.07, 6.45) is 0.602. The van der Waals surface area contributed by atoms with E-state index in [1.54, 1.807) is 12.1 Å². The third kappa shape index (κ3) is 2.97. The molecule has 0 amide bonds. The highest BCUT2D eigenvalue weighted by Gasteiger charge is 2.21. The number of rotatable bonds is 4. The maximum atomic E-state index is 13.1. The third-order valence-corrected chi connectivity index (χ3v) is 2.72. The van der Waals surface area contributed by atoms with Gasteiger partial charge in [0.2, 0.25) is 11.8 Å². The van der Waals surface area contributed by atoms with Crippen LogP contribution < -0.4 is 11.5 Å². The average molecular weight is 277 g/mol. The maximum absolute atomic E-state index is 13.1. The van der Waals surface area contributed by atoms with Gasteiger partial charge in [-0.1, -0.05) is 12.1 Å². The van der Waals surface area contributed by atoms with E-state index in [-0.39, 0.29) is 35.4 Å². The minimum absolute atomic E-state index is 0.123.